The molecular formula is C11H17NO. The van der Waals surface area contributed by atoms with Gasteiger partial charge in [0.25, 0.3) is 0 Å². The summed E-state index contributed by atoms with van der Waals surface area (Å²) >= 11 is 0. The molecule has 0 amide bonds. The lowest BCUT2D eigenvalue weighted by Crippen LogP contribution is -2.27. The van der Waals surface area contributed by atoms with Crippen molar-refractivity contribution in [3.8, 4) is 0 Å². The van der Waals surface area contributed by atoms with Gasteiger partial charge in [0, 0.05) is 30.8 Å². The van der Waals surface area contributed by atoms with E-state index >= 15 is 0 Å². The molecule has 0 radical (unpaired) electrons. The molecule has 1 atom stereocenters. The largest absolute Gasteiger partial charge is 0.372 e. The van der Waals surface area contributed by atoms with E-state index in [0.29, 0.717) is 11.8 Å². The van der Waals surface area contributed by atoms with E-state index in [0.717, 1.165) is 19.4 Å². The van der Waals surface area contributed by atoms with Crippen molar-refractivity contribution < 1.29 is 4.79 Å². The molecule has 0 saturated carbocycles. The second kappa shape index (κ2) is 3.52. The molecular weight excluding hydrogens is 162 g/mol. The Kier molecular flexibility index (Phi) is 2.38. The molecule has 1 saturated heterocycles. The predicted molar refractivity (Wildman–Crippen MR) is 52.3 cm³/mol. The highest BCUT2D eigenvalue weighted by Crippen LogP contribution is 2.29. The van der Waals surface area contributed by atoms with Crippen LogP contribution < -0.4 is 0 Å². The molecule has 2 heteroatoms. The van der Waals surface area contributed by atoms with Crippen molar-refractivity contribution in [1.29, 1.82) is 0 Å². The summed E-state index contributed by atoms with van der Waals surface area (Å²) in [6.45, 7) is 3.40. The second-order valence-corrected chi connectivity index (χ2v) is 4.00. The summed E-state index contributed by atoms with van der Waals surface area (Å²) in [6, 6.07) is 0.706. The Morgan fingerprint density at radius 3 is 3.00 bits per heavy atom. The lowest BCUT2D eigenvalue weighted by Gasteiger charge is -2.26. The minimum absolute atomic E-state index is 0.316. The van der Waals surface area contributed by atoms with E-state index < -0.39 is 0 Å². The van der Waals surface area contributed by atoms with Crippen LogP contribution in [0.3, 0.4) is 0 Å². The zero-order chi connectivity index (χ0) is 9.26. The van der Waals surface area contributed by atoms with Gasteiger partial charge in [-0.2, -0.15) is 0 Å². The Morgan fingerprint density at radius 2 is 2.38 bits per heavy atom. The van der Waals surface area contributed by atoms with Crippen LogP contribution in [0.1, 0.15) is 39.0 Å². The van der Waals surface area contributed by atoms with Crippen LogP contribution in [0.15, 0.2) is 11.8 Å². The first-order chi connectivity index (χ1) is 6.31. The first-order valence-corrected chi connectivity index (χ1v) is 5.31. The number of likely N-dealkylation sites (tertiary alicyclic amines) is 1. The highest BCUT2D eigenvalue weighted by atomic mass is 16.1. The van der Waals surface area contributed by atoms with Crippen LogP contribution in [0.5, 0.6) is 0 Å². The standard InChI is InChI=1S/C11H17NO/c1-2-9-4-3-7-12(9)10-5-6-11(13)8-10/h8-9H,2-7H2,1H3. The van der Waals surface area contributed by atoms with Crippen molar-refractivity contribution in [3.05, 3.63) is 11.8 Å². The van der Waals surface area contributed by atoms with Crippen LogP contribution in [-0.2, 0) is 4.79 Å². The van der Waals surface area contributed by atoms with Crippen LogP contribution in [0, 0.1) is 0 Å². The minimum Gasteiger partial charge on any atom is -0.372 e. The number of rotatable bonds is 2. The molecule has 2 aliphatic rings. The van der Waals surface area contributed by atoms with Crippen molar-refractivity contribution >= 4 is 5.78 Å². The molecule has 1 aliphatic heterocycles. The van der Waals surface area contributed by atoms with Crippen LogP contribution in [-0.4, -0.2) is 23.3 Å². The molecule has 0 aromatic carbocycles. The molecule has 0 bridgehead atoms. The van der Waals surface area contributed by atoms with E-state index in [2.05, 4.69) is 11.8 Å². The Labute approximate surface area is 79.6 Å². The summed E-state index contributed by atoms with van der Waals surface area (Å²) in [5.41, 5.74) is 1.30. The number of ketones is 1. The lowest BCUT2D eigenvalue weighted by atomic mass is 10.1. The Bertz CT molecular complexity index is 244. The van der Waals surface area contributed by atoms with Gasteiger partial charge in [0.15, 0.2) is 5.78 Å². The molecule has 13 heavy (non-hydrogen) atoms. The molecule has 1 aliphatic carbocycles. The van der Waals surface area contributed by atoms with Crippen LogP contribution in [0.4, 0.5) is 0 Å². The summed E-state index contributed by atoms with van der Waals surface area (Å²) in [7, 11) is 0. The summed E-state index contributed by atoms with van der Waals surface area (Å²) in [5, 5.41) is 0. The summed E-state index contributed by atoms with van der Waals surface area (Å²) in [5.74, 6) is 0.316. The van der Waals surface area contributed by atoms with E-state index in [1.807, 2.05) is 6.08 Å². The molecule has 1 fully saturated rings. The smallest absolute Gasteiger partial charge is 0.157 e. The maximum atomic E-state index is 11.1. The Hall–Kier alpha value is -0.790. The fourth-order valence-electron chi connectivity index (χ4n) is 2.45. The van der Waals surface area contributed by atoms with Gasteiger partial charge in [0.05, 0.1) is 0 Å². The molecule has 1 heterocycles. The van der Waals surface area contributed by atoms with Gasteiger partial charge in [-0.05, 0) is 25.7 Å². The van der Waals surface area contributed by atoms with Crippen molar-refractivity contribution in [1.82, 2.24) is 4.90 Å². The molecule has 0 N–H and O–H groups in total. The molecule has 1 unspecified atom stereocenters. The van der Waals surface area contributed by atoms with E-state index in [4.69, 9.17) is 0 Å². The molecule has 0 aromatic rings. The van der Waals surface area contributed by atoms with Gasteiger partial charge in [-0.3, -0.25) is 4.79 Å². The van der Waals surface area contributed by atoms with Crippen molar-refractivity contribution in [2.24, 2.45) is 0 Å². The number of carbonyl (C=O) groups is 1. The maximum Gasteiger partial charge on any atom is 0.157 e. The fourth-order valence-corrected chi connectivity index (χ4v) is 2.45. The Balaban J connectivity index is 2.07. The number of hydrogen-bond acceptors (Lipinski definition) is 2. The van der Waals surface area contributed by atoms with Crippen molar-refractivity contribution in [3.63, 3.8) is 0 Å². The molecule has 0 aromatic heterocycles. The summed E-state index contributed by atoms with van der Waals surface area (Å²) < 4.78 is 0. The topological polar surface area (TPSA) is 20.3 Å². The molecule has 2 nitrogen and oxygen atoms in total. The maximum absolute atomic E-state index is 11.1. The van der Waals surface area contributed by atoms with Gasteiger partial charge in [-0.1, -0.05) is 6.92 Å². The molecule has 2 rings (SSSR count). The second-order valence-electron chi connectivity index (χ2n) is 4.00. The SMILES string of the molecule is CCC1CCCN1C1=CC(=O)CC1. The average molecular weight is 179 g/mol. The average Bonchev–Trinajstić information content (AvgIpc) is 2.71. The van der Waals surface area contributed by atoms with Crippen molar-refractivity contribution in [2.45, 2.75) is 45.1 Å². The third-order valence-electron chi connectivity index (χ3n) is 3.17. The van der Waals surface area contributed by atoms with Crippen LogP contribution >= 0.6 is 0 Å². The minimum atomic E-state index is 0.316. The van der Waals surface area contributed by atoms with E-state index in [-0.39, 0.29) is 0 Å². The zero-order valence-electron chi connectivity index (χ0n) is 8.25. The third-order valence-corrected chi connectivity index (χ3v) is 3.17. The zero-order valence-corrected chi connectivity index (χ0v) is 8.25. The van der Waals surface area contributed by atoms with E-state index in [1.54, 1.807) is 0 Å². The van der Waals surface area contributed by atoms with Gasteiger partial charge >= 0.3 is 0 Å². The first kappa shape index (κ1) is 8.79. The third kappa shape index (κ3) is 1.62. The normalized spacial score (nSPS) is 28.4. The number of nitrogens with zero attached hydrogens (tertiary/aromatic N) is 1. The van der Waals surface area contributed by atoms with Gasteiger partial charge in [0.2, 0.25) is 0 Å². The van der Waals surface area contributed by atoms with Gasteiger partial charge in [-0.15, -0.1) is 0 Å². The summed E-state index contributed by atoms with van der Waals surface area (Å²) in [6.07, 6.45) is 7.39. The molecule has 72 valence electrons. The number of carbonyl (C=O) groups excluding carboxylic acids is 1. The lowest BCUT2D eigenvalue weighted by molar-refractivity contribution is -0.114. The van der Waals surface area contributed by atoms with Crippen molar-refractivity contribution in [2.75, 3.05) is 6.54 Å². The van der Waals surface area contributed by atoms with E-state index in [1.165, 1.54) is 25.0 Å². The Morgan fingerprint density at radius 1 is 1.54 bits per heavy atom. The molecule has 0 spiro atoms. The monoisotopic (exact) mass is 179 g/mol. The van der Waals surface area contributed by atoms with Crippen LogP contribution in [0.25, 0.3) is 0 Å². The highest BCUT2D eigenvalue weighted by Gasteiger charge is 2.27. The number of allylic oxidation sites excluding steroid dienone is 2. The highest BCUT2D eigenvalue weighted by molar-refractivity contribution is 5.92. The van der Waals surface area contributed by atoms with Crippen LogP contribution in [0.2, 0.25) is 0 Å². The first-order valence-electron chi connectivity index (χ1n) is 5.31. The predicted octanol–water partition coefficient (Wildman–Crippen LogP) is 2.11. The van der Waals surface area contributed by atoms with E-state index in [9.17, 15) is 4.79 Å². The fraction of sp³-hybridized carbons (Fsp3) is 0.727. The van der Waals surface area contributed by atoms with Gasteiger partial charge in [0.1, 0.15) is 0 Å². The number of hydrogen-bond donors (Lipinski definition) is 0. The van der Waals surface area contributed by atoms with Gasteiger partial charge < -0.3 is 4.90 Å². The quantitative estimate of drug-likeness (QED) is 0.647. The van der Waals surface area contributed by atoms with Gasteiger partial charge in [-0.25, -0.2) is 0 Å². The summed E-state index contributed by atoms with van der Waals surface area (Å²) in [4.78, 5) is 13.6.